The van der Waals surface area contributed by atoms with Gasteiger partial charge >= 0.3 is 6.18 Å². The molecule has 2 aromatic heterocycles. The number of hydrogen-bond acceptors (Lipinski definition) is 5. The molecule has 0 amide bonds. The predicted molar refractivity (Wildman–Crippen MR) is 105 cm³/mol. The van der Waals surface area contributed by atoms with Crippen molar-refractivity contribution in [3.05, 3.63) is 53.0 Å². The van der Waals surface area contributed by atoms with Gasteiger partial charge in [-0.2, -0.15) is 18.3 Å². The monoisotopic (exact) mass is 420 g/mol. The van der Waals surface area contributed by atoms with Gasteiger partial charge in [-0.05, 0) is 43.7 Å². The van der Waals surface area contributed by atoms with Gasteiger partial charge in [0.2, 0.25) is 0 Å². The highest BCUT2D eigenvalue weighted by molar-refractivity contribution is 5.44. The summed E-state index contributed by atoms with van der Waals surface area (Å²) >= 11 is 0. The number of fused-ring (bicyclic) bond motifs is 1. The van der Waals surface area contributed by atoms with Crippen LogP contribution in [0.4, 0.5) is 13.2 Å². The fraction of sp³-hybridized carbons (Fsp3) is 0.429. The lowest BCUT2D eigenvalue weighted by Gasteiger charge is -2.17. The van der Waals surface area contributed by atoms with Gasteiger partial charge in [0.1, 0.15) is 5.69 Å². The molecule has 1 aromatic carbocycles. The highest BCUT2D eigenvalue weighted by atomic mass is 19.4. The topological polar surface area (TPSA) is 51.9 Å². The summed E-state index contributed by atoms with van der Waals surface area (Å²) in [5.74, 6) is 1.41. The van der Waals surface area contributed by atoms with Crippen molar-refractivity contribution in [2.24, 2.45) is 0 Å². The molecular formula is C21H23F3N4O2. The van der Waals surface area contributed by atoms with E-state index in [1.54, 1.807) is 27.2 Å². The normalized spacial score (nSPS) is 17.6. The van der Waals surface area contributed by atoms with Crippen molar-refractivity contribution in [3.8, 4) is 11.5 Å². The van der Waals surface area contributed by atoms with Crippen LogP contribution in [0.15, 0.2) is 30.3 Å². The third-order valence-electron chi connectivity index (χ3n) is 5.41. The number of likely N-dealkylation sites (tertiary alicyclic amines) is 1. The van der Waals surface area contributed by atoms with E-state index in [1.165, 1.54) is 0 Å². The Bertz CT molecular complexity index is 1060. The maximum absolute atomic E-state index is 13.4. The quantitative estimate of drug-likeness (QED) is 0.623. The molecule has 1 atom stereocenters. The maximum atomic E-state index is 13.4. The molecule has 3 heterocycles. The van der Waals surface area contributed by atoms with Crippen molar-refractivity contribution in [1.82, 2.24) is 19.5 Å². The Hall–Kier alpha value is -2.81. The number of benzene rings is 1. The number of nitrogens with zero attached hydrogens (tertiary/aromatic N) is 4. The third kappa shape index (κ3) is 3.94. The number of alkyl halides is 3. The summed E-state index contributed by atoms with van der Waals surface area (Å²) in [6.07, 6.45) is -3.65. The molecule has 0 saturated carbocycles. The Morgan fingerprint density at radius 1 is 1.10 bits per heavy atom. The number of aryl methyl sites for hydroxylation is 1. The fourth-order valence-corrected chi connectivity index (χ4v) is 3.97. The minimum Gasteiger partial charge on any atom is -0.493 e. The summed E-state index contributed by atoms with van der Waals surface area (Å²) in [6, 6.07) is 8.51. The van der Waals surface area contributed by atoms with Gasteiger partial charge in [0.25, 0.3) is 0 Å². The number of methoxy groups -OCH3 is 2. The third-order valence-corrected chi connectivity index (χ3v) is 5.41. The molecule has 0 spiro atoms. The zero-order valence-electron chi connectivity index (χ0n) is 17.0. The summed E-state index contributed by atoms with van der Waals surface area (Å²) < 4.78 is 51.7. The van der Waals surface area contributed by atoms with Crippen LogP contribution in [-0.4, -0.2) is 46.8 Å². The molecule has 1 aliphatic heterocycles. The molecular weight excluding hydrogens is 397 g/mol. The summed E-state index contributed by atoms with van der Waals surface area (Å²) in [7, 11) is 3.19. The van der Waals surface area contributed by atoms with E-state index in [9.17, 15) is 13.2 Å². The molecule has 1 aliphatic rings. The van der Waals surface area contributed by atoms with E-state index in [-0.39, 0.29) is 11.6 Å². The Balaban J connectivity index is 1.53. The fourth-order valence-electron chi connectivity index (χ4n) is 3.97. The van der Waals surface area contributed by atoms with Gasteiger partial charge in [0.05, 0.1) is 19.9 Å². The summed E-state index contributed by atoms with van der Waals surface area (Å²) in [6.45, 7) is 3.84. The SMILES string of the molecule is COc1ccc(CN2CC[C@H](c3cc4nc(C)cc(C(F)(F)F)n4n3)C2)cc1OC. The van der Waals surface area contributed by atoms with Gasteiger partial charge in [0.15, 0.2) is 17.1 Å². The highest BCUT2D eigenvalue weighted by Gasteiger charge is 2.35. The van der Waals surface area contributed by atoms with Crippen LogP contribution in [0, 0.1) is 6.92 Å². The van der Waals surface area contributed by atoms with Crippen LogP contribution in [0.25, 0.3) is 5.65 Å². The zero-order chi connectivity index (χ0) is 21.5. The lowest BCUT2D eigenvalue weighted by atomic mass is 10.1. The maximum Gasteiger partial charge on any atom is 0.433 e. The van der Waals surface area contributed by atoms with Gasteiger partial charge in [-0.1, -0.05) is 6.07 Å². The van der Waals surface area contributed by atoms with Crippen molar-refractivity contribution >= 4 is 5.65 Å². The van der Waals surface area contributed by atoms with Crippen LogP contribution in [0.2, 0.25) is 0 Å². The van der Waals surface area contributed by atoms with Crippen molar-refractivity contribution in [2.45, 2.75) is 32.0 Å². The van der Waals surface area contributed by atoms with Crippen LogP contribution in [0.3, 0.4) is 0 Å². The molecule has 0 N–H and O–H groups in total. The number of hydrogen-bond donors (Lipinski definition) is 0. The summed E-state index contributed by atoms with van der Waals surface area (Å²) in [5, 5.41) is 4.26. The number of halogens is 3. The number of rotatable bonds is 5. The Morgan fingerprint density at radius 2 is 1.87 bits per heavy atom. The van der Waals surface area contributed by atoms with Crippen molar-refractivity contribution in [1.29, 1.82) is 0 Å². The van der Waals surface area contributed by atoms with E-state index >= 15 is 0 Å². The minimum absolute atomic E-state index is 0.0632. The van der Waals surface area contributed by atoms with Crippen LogP contribution >= 0.6 is 0 Å². The van der Waals surface area contributed by atoms with E-state index in [2.05, 4.69) is 15.0 Å². The molecule has 0 bridgehead atoms. The first-order valence-electron chi connectivity index (χ1n) is 9.66. The van der Waals surface area contributed by atoms with E-state index < -0.39 is 11.9 Å². The van der Waals surface area contributed by atoms with Crippen molar-refractivity contribution < 1.29 is 22.6 Å². The summed E-state index contributed by atoms with van der Waals surface area (Å²) in [5.41, 5.74) is 1.49. The molecule has 4 rings (SSSR count). The molecule has 30 heavy (non-hydrogen) atoms. The van der Waals surface area contributed by atoms with Gasteiger partial charge in [0, 0.05) is 30.8 Å². The molecule has 0 aliphatic carbocycles. The zero-order valence-corrected chi connectivity index (χ0v) is 17.0. The lowest BCUT2D eigenvalue weighted by molar-refractivity contribution is -0.142. The number of aromatic nitrogens is 3. The van der Waals surface area contributed by atoms with Crippen molar-refractivity contribution in [2.75, 3.05) is 27.3 Å². The molecule has 0 unspecified atom stereocenters. The second-order valence-electron chi connectivity index (χ2n) is 7.53. The molecule has 1 saturated heterocycles. The molecule has 160 valence electrons. The Labute approximate surface area is 172 Å². The second-order valence-corrected chi connectivity index (χ2v) is 7.53. The summed E-state index contributed by atoms with van der Waals surface area (Å²) in [4.78, 5) is 6.49. The molecule has 6 nitrogen and oxygen atoms in total. The van der Waals surface area contributed by atoms with Gasteiger partial charge in [-0.15, -0.1) is 0 Å². The minimum atomic E-state index is -4.48. The number of ether oxygens (including phenoxy) is 2. The van der Waals surface area contributed by atoms with Crippen LogP contribution in [0.5, 0.6) is 11.5 Å². The first-order chi connectivity index (χ1) is 14.3. The molecule has 1 fully saturated rings. The predicted octanol–water partition coefficient (Wildman–Crippen LogP) is 4.06. The van der Waals surface area contributed by atoms with Crippen LogP contribution in [-0.2, 0) is 12.7 Å². The Kier molecular flexibility index (Phi) is 5.31. The van der Waals surface area contributed by atoms with E-state index in [1.807, 2.05) is 18.2 Å². The van der Waals surface area contributed by atoms with Gasteiger partial charge < -0.3 is 9.47 Å². The standard InChI is InChI=1S/C21H23F3N4O2/c1-13-8-19(21(22,23)24)28-20(25-13)10-16(26-28)15-6-7-27(12-15)11-14-4-5-17(29-2)18(9-14)30-3/h4-5,8-10,15H,6-7,11-12H2,1-3H3/t15-/m0/s1. The van der Waals surface area contributed by atoms with Gasteiger partial charge in [-0.3, -0.25) is 4.90 Å². The first-order valence-corrected chi connectivity index (χ1v) is 9.66. The van der Waals surface area contributed by atoms with Crippen molar-refractivity contribution in [3.63, 3.8) is 0 Å². The largest absolute Gasteiger partial charge is 0.493 e. The average Bonchev–Trinajstić information content (AvgIpc) is 3.33. The van der Waals surface area contributed by atoms with Crippen LogP contribution < -0.4 is 9.47 Å². The second kappa shape index (κ2) is 7.79. The van der Waals surface area contributed by atoms with E-state index in [4.69, 9.17) is 9.47 Å². The highest BCUT2D eigenvalue weighted by Crippen LogP contribution is 2.33. The lowest BCUT2D eigenvalue weighted by Crippen LogP contribution is -2.20. The average molecular weight is 420 g/mol. The van der Waals surface area contributed by atoms with E-state index in [0.29, 0.717) is 22.9 Å². The Morgan fingerprint density at radius 3 is 2.57 bits per heavy atom. The first kappa shape index (κ1) is 20.5. The van der Waals surface area contributed by atoms with Gasteiger partial charge in [-0.25, -0.2) is 9.50 Å². The molecule has 3 aromatic rings. The molecule has 9 heteroatoms. The smallest absolute Gasteiger partial charge is 0.433 e. The molecule has 0 radical (unpaired) electrons. The van der Waals surface area contributed by atoms with Crippen LogP contribution in [0.1, 0.15) is 35.0 Å². The van der Waals surface area contributed by atoms with E-state index in [0.717, 1.165) is 42.2 Å².